The Bertz CT molecular complexity index is 1100. The first-order valence-electron chi connectivity index (χ1n) is 9.96. The zero-order chi connectivity index (χ0) is 22.7. The molecule has 1 amide bonds. The number of fused-ring (bicyclic) bond motifs is 1. The first-order valence-corrected chi connectivity index (χ1v) is 11.4. The predicted molar refractivity (Wildman–Crippen MR) is 114 cm³/mol. The van der Waals surface area contributed by atoms with Gasteiger partial charge in [0.05, 0.1) is 38.0 Å². The Hall–Kier alpha value is -3.18. The fourth-order valence-corrected chi connectivity index (χ4v) is 4.51. The molecular formula is C21H24N2O8S. The van der Waals surface area contributed by atoms with Gasteiger partial charge in [-0.15, -0.1) is 0 Å². The van der Waals surface area contributed by atoms with Gasteiger partial charge >= 0.3 is 0 Å². The number of nitrogens with one attached hydrogen (secondary N) is 1. The summed E-state index contributed by atoms with van der Waals surface area (Å²) in [6, 6.07) is 8.94. The van der Waals surface area contributed by atoms with Gasteiger partial charge in [0, 0.05) is 25.2 Å². The van der Waals surface area contributed by atoms with Crippen LogP contribution in [0.4, 0.5) is 5.69 Å². The molecule has 2 aliphatic heterocycles. The summed E-state index contributed by atoms with van der Waals surface area (Å²) in [4.78, 5) is 14.3. The maximum absolute atomic E-state index is 12.9. The second kappa shape index (κ2) is 9.13. The van der Waals surface area contributed by atoms with Gasteiger partial charge < -0.3 is 28.6 Å². The van der Waals surface area contributed by atoms with Gasteiger partial charge in [0.15, 0.2) is 23.0 Å². The van der Waals surface area contributed by atoms with Crippen LogP contribution in [0.15, 0.2) is 41.3 Å². The Labute approximate surface area is 186 Å². The van der Waals surface area contributed by atoms with E-state index < -0.39 is 16.1 Å². The number of hydrogen-bond donors (Lipinski definition) is 1. The lowest BCUT2D eigenvalue weighted by Crippen LogP contribution is -2.50. The predicted octanol–water partition coefficient (Wildman–Crippen LogP) is 1.50. The number of hydrogen-bond acceptors (Lipinski definition) is 8. The first-order chi connectivity index (χ1) is 15.4. The van der Waals surface area contributed by atoms with Gasteiger partial charge in [-0.1, -0.05) is 0 Å². The molecule has 11 heteroatoms. The third-order valence-electron chi connectivity index (χ3n) is 5.12. The molecule has 0 saturated carbocycles. The standard InChI is InChI=1S/C21H24N2O8S/c1-27-16-5-3-14(11-18(16)28-2)22-32(25,26)15-4-6-17-19(12-15)30-13-20(31-17)21(24)23-7-9-29-10-8-23/h3-6,11-12,20,22H,7-10,13H2,1-2H3. The molecule has 2 aliphatic rings. The van der Waals surface area contributed by atoms with Gasteiger partial charge in [0.25, 0.3) is 15.9 Å². The lowest BCUT2D eigenvalue weighted by Gasteiger charge is -2.32. The summed E-state index contributed by atoms with van der Waals surface area (Å²) in [5, 5.41) is 0. The normalized spacial score (nSPS) is 18.1. The number of morpholine rings is 1. The minimum Gasteiger partial charge on any atom is -0.493 e. The maximum Gasteiger partial charge on any atom is 0.267 e. The molecule has 172 valence electrons. The minimum atomic E-state index is -3.91. The van der Waals surface area contributed by atoms with Crippen LogP contribution in [-0.2, 0) is 19.6 Å². The number of amides is 1. The fourth-order valence-electron chi connectivity index (χ4n) is 3.44. The molecule has 32 heavy (non-hydrogen) atoms. The molecule has 2 aromatic rings. The molecule has 0 bridgehead atoms. The number of methoxy groups -OCH3 is 2. The van der Waals surface area contributed by atoms with Crippen molar-refractivity contribution in [2.75, 3.05) is 51.9 Å². The third kappa shape index (κ3) is 4.53. The zero-order valence-electron chi connectivity index (χ0n) is 17.7. The van der Waals surface area contributed by atoms with Crippen molar-refractivity contribution in [3.05, 3.63) is 36.4 Å². The molecule has 10 nitrogen and oxygen atoms in total. The smallest absolute Gasteiger partial charge is 0.267 e. The summed E-state index contributed by atoms with van der Waals surface area (Å²) in [5.74, 6) is 1.27. The van der Waals surface area contributed by atoms with Crippen LogP contribution < -0.4 is 23.7 Å². The number of carbonyl (C=O) groups excluding carboxylic acids is 1. The summed E-state index contributed by atoms with van der Waals surface area (Å²) >= 11 is 0. The van der Waals surface area contributed by atoms with E-state index in [0.29, 0.717) is 49.2 Å². The fraction of sp³-hybridized carbons (Fsp3) is 0.381. The first kappa shape index (κ1) is 22.0. The van der Waals surface area contributed by atoms with Crippen LogP contribution in [0.2, 0.25) is 0 Å². The lowest BCUT2D eigenvalue weighted by atomic mass is 10.2. The highest BCUT2D eigenvalue weighted by atomic mass is 32.2. The molecule has 1 N–H and O–H groups in total. The Balaban J connectivity index is 1.49. The molecule has 1 unspecified atom stereocenters. The minimum absolute atomic E-state index is 0.00417. The van der Waals surface area contributed by atoms with Gasteiger partial charge in [-0.3, -0.25) is 9.52 Å². The van der Waals surface area contributed by atoms with E-state index >= 15 is 0 Å². The van der Waals surface area contributed by atoms with Crippen molar-refractivity contribution in [3.8, 4) is 23.0 Å². The van der Waals surface area contributed by atoms with Gasteiger partial charge in [-0.2, -0.15) is 0 Å². The second-order valence-corrected chi connectivity index (χ2v) is 8.82. The van der Waals surface area contributed by atoms with Crippen LogP contribution in [-0.4, -0.2) is 72.5 Å². The Kier molecular flexibility index (Phi) is 6.28. The highest BCUT2D eigenvalue weighted by Crippen LogP contribution is 2.35. The van der Waals surface area contributed by atoms with E-state index in [-0.39, 0.29) is 23.2 Å². The molecule has 1 fully saturated rings. The largest absolute Gasteiger partial charge is 0.493 e. The summed E-state index contributed by atoms with van der Waals surface area (Å²) in [5.41, 5.74) is 0.314. The number of carbonyl (C=O) groups is 1. The number of sulfonamides is 1. The summed E-state index contributed by atoms with van der Waals surface area (Å²) < 4.78 is 55.3. The van der Waals surface area contributed by atoms with Crippen molar-refractivity contribution < 1.29 is 36.9 Å². The topological polar surface area (TPSA) is 113 Å². The molecule has 0 radical (unpaired) electrons. The van der Waals surface area contributed by atoms with Crippen molar-refractivity contribution in [2.24, 2.45) is 0 Å². The zero-order valence-corrected chi connectivity index (χ0v) is 18.5. The van der Waals surface area contributed by atoms with Gasteiger partial charge in [0.2, 0.25) is 6.10 Å². The summed E-state index contributed by atoms with van der Waals surface area (Å²) in [7, 11) is -0.947. The maximum atomic E-state index is 12.9. The van der Waals surface area contributed by atoms with E-state index in [2.05, 4.69) is 4.72 Å². The molecule has 0 aromatic heterocycles. The van der Waals surface area contributed by atoms with Crippen LogP contribution in [0.5, 0.6) is 23.0 Å². The van der Waals surface area contributed by atoms with E-state index in [1.165, 1.54) is 38.5 Å². The number of anilines is 1. The third-order valence-corrected chi connectivity index (χ3v) is 6.50. The number of rotatable bonds is 6. The van der Waals surface area contributed by atoms with E-state index in [0.717, 1.165) is 0 Å². The molecule has 2 aromatic carbocycles. The van der Waals surface area contributed by atoms with Gasteiger partial charge in [-0.25, -0.2) is 8.42 Å². The summed E-state index contributed by atoms with van der Waals surface area (Å²) in [6.07, 6.45) is -0.784. The molecular weight excluding hydrogens is 440 g/mol. The SMILES string of the molecule is COc1ccc(NS(=O)(=O)c2ccc3c(c2)OCC(C(=O)N2CCOCC2)O3)cc1OC. The number of benzene rings is 2. The number of ether oxygens (including phenoxy) is 5. The average Bonchev–Trinajstić information content (AvgIpc) is 2.83. The molecule has 2 heterocycles. The Morgan fingerprint density at radius 3 is 2.50 bits per heavy atom. The van der Waals surface area contributed by atoms with Crippen LogP contribution in [0.25, 0.3) is 0 Å². The van der Waals surface area contributed by atoms with Crippen molar-refractivity contribution in [1.29, 1.82) is 0 Å². The molecule has 4 rings (SSSR count). The van der Waals surface area contributed by atoms with Gasteiger partial charge in [-0.05, 0) is 24.3 Å². The molecule has 1 atom stereocenters. The monoisotopic (exact) mass is 464 g/mol. The summed E-state index contributed by atoms with van der Waals surface area (Å²) in [6.45, 7) is 1.99. The van der Waals surface area contributed by atoms with E-state index in [1.807, 2.05) is 0 Å². The average molecular weight is 464 g/mol. The van der Waals surface area contributed by atoms with Crippen LogP contribution >= 0.6 is 0 Å². The molecule has 0 aliphatic carbocycles. The molecule has 0 spiro atoms. The highest BCUT2D eigenvalue weighted by Gasteiger charge is 2.32. The van der Waals surface area contributed by atoms with E-state index in [4.69, 9.17) is 23.7 Å². The lowest BCUT2D eigenvalue weighted by molar-refractivity contribution is -0.145. The van der Waals surface area contributed by atoms with E-state index in [1.54, 1.807) is 17.0 Å². The van der Waals surface area contributed by atoms with Crippen LogP contribution in [0.3, 0.4) is 0 Å². The second-order valence-electron chi connectivity index (χ2n) is 7.14. The quantitative estimate of drug-likeness (QED) is 0.685. The highest BCUT2D eigenvalue weighted by molar-refractivity contribution is 7.92. The van der Waals surface area contributed by atoms with Crippen molar-refractivity contribution >= 4 is 21.6 Å². The van der Waals surface area contributed by atoms with Crippen molar-refractivity contribution in [3.63, 3.8) is 0 Å². The number of nitrogens with zero attached hydrogens (tertiary/aromatic N) is 1. The molecule has 1 saturated heterocycles. The van der Waals surface area contributed by atoms with Crippen LogP contribution in [0.1, 0.15) is 0 Å². The van der Waals surface area contributed by atoms with E-state index in [9.17, 15) is 13.2 Å². The van der Waals surface area contributed by atoms with Gasteiger partial charge in [0.1, 0.15) is 6.61 Å². The van der Waals surface area contributed by atoms with Crippen LogP contribution in [0, 0.1) is 0 Å². The Morgan fingerprint density at radius 1 is 1.03 bits per heavy atom. The van der Waals surface area contributed by atoms with Crippen molar-refractivity contribution in [1.82, 2.24) is 4.90 Å². The Morgan fingerprint density at radius 2 is 1.78 bits per heavy atom. The van der Waals surface area contributed by atoms with Crippen molar-refractivity contribution in [2.45, 2.75) is 11.0 Å².